The van der Waals surface area contributed by atoms with E-state index in [9.17, 15) is 9.59 Å². The topological polar surface area (TPSA) is 49.4 Å². The van der Waals surface area contributed by atoms with E-state index in [4.69, 9.17) is 0 Å². The summed E-state index contributed by atoms with van der Waals surface area (Å²) in [6.45, 7) is 4.89. The van der Waals surface area contributed by atoms with Gasteiger partial charge in [-0.05, 0) is 60.6 Å². The highest BCUT2D eigenvalue weighted by molar-refractivity contribution is 5.94. The quantitative estimate of drug-likeness (QED) is 0.710. The number of hydrogen-bond acceptors (Lipinski definition) is 2. The van der Waals surface area contributed by atoms with E-state index in [1.54, 1.807) is 19.0 Å². The normalized spacial score (nSPS) is 11.7. The SMILES string of the molecule is CCc1cccc(C(=O)NCCCC(C)c2cccc(C(=O)N(C)C)c2)c1. The maximum absolute atomic E-state index is 12.3. The first-order valence-corrected chi connectivity index (χ1v) is 9.61. The van der Waals surface area contributed by atoms with Crippen LogP contribution in [-0.2, 0) is 6.42 Å². The lowest BCUT2D eigenvalue weighted by Gasteiger charge is -2.15. The number of amides is 2. The number of benzene rings is 2. The van der Waals surface area contributed by atoms with Crippen LogP contribution in [-0.4, -0.2) is 37.4 Å². The second kappa shape index (κ2) is 9.91. The van der Waals surface area contributed by atoms with Crippen molar-refractivity contribution in [2.24, 2.45) is 0 Å². The van der Waals surface area contributed by atoms with Gasteiger partial charge >= 0.3 is 0 Å². The number of aryl methyl sites for hydroxylation is 1. The predicted octanol–water partition coefficient (Wildman–Crippen LogP) is 4.26. The molecule has 0 spiro atoms. The van der Waals surface area contributed by atoms with Crippen LogP contribution >= 0.6 is 0 Å². The fourth-order valence-electron chi connectivity index (χ4n) is 3.05. The Bertz CT molecular complexity index is 783. The van der Waals surface area contributed by atoms with Crippen LogP contribution in [0.15, 0.2) is 48.5 Å². The number of carbonyl (C=O) groups is 2. The predicted molar refractivity (Wildman–Crippen MR) is 110 cm³/mol. The van der Waals surface area contributed by atoms with Crippen molar-refractivity contribution < 1.29 is 9.59 Å². The zero-order valence-corrected chi connectivity index (χ0v) is 16.8. The Labute approximate surface area is 162 Å². The minimum atomic E-state index is -0.0171. The average Bonchev–Trinajstić information content (AvgIpc) is 2.70. The molecule has 0 aliphatic heterocycles. The lowest BCUT2D eigenvalue weighted by Crippen LogP contribution is -2.24. The van der Waals surface area contributed by atoms with Crippen LogP contribution < -0.4 is 5.32 Å². The van der Waals surface area contributed by atoms with Gasteiger partial charge in [-0.1, -0.05) is 38.1 Å². The molecule has 27 heavy (non-hydrogen) atoms. The molecule has 0 bridgehead atoms. The second-order valence-electron chi connectivity index (χ2n) is 7.18. The van der Waals surface area contributed by atoms with Gasteiger partial charge in [-0.2, -0.15) is 0 Å². The zero-order valence-electron chi connectivity index (χ0n) is 16.8. The summed E-state index contributed by atoms with van der Waals surface area (Å²) in [5, 5.41) is 3.00. The number of hydrogen-bond donors (Lipinski definition) is 1. The molecule has 2 amide bonds. The molecule has 0 saturated carbocycles. The van der Waals surface area contributed by atoms with Gasteiger partial charge in [-0.15, -0.1) is 0 Å². The zero-order chi connectivity index (χ0) is 19.8. The van der Waals surface area contributed by atoms with E-state index >= 15 is 0 Å². The highest BCUT2D eigenvalue weighted by Gasteiger charge is 2.12. The Morgan fingerprint density at radius 1 is 1.04 bits per heavy atom. The van der Waals surface area contributed by atoms with Crippen molar-refractivity contribution in [3.05, 3.63) is 70.8 Å². The maximum atomic E-state index is 12.3. The highest BCUT2D eigenvalue weighted by atomic mass is 16.2. The summed E-state index contributed by atoms with van der Waals surface area (Å²) in [5.41, 5.74) is 3.76. The van der Waals surface area contributed by atoms with Gasteiger partial charge in [0.1, 0.15) is 0 Å². The van der Waals surface area contributed by atoms with Crippen LogP contribution in [0.3, 0.4) is 0 Å². The molecule has 0 fully saturated rings. The molecule has 2 aromatic carbocycles. The average molecular weight is 367 g/mol. The number of nitrogens with zero attached hydrogens (tertiary/aromatic N) is 1. The Hall–Kier alpha value is -2.62. The lowest BCUT2D eigenvalue weighted by molar-refractivity contribution is 0.0827. The van der Waals surface area contributed by atoms with E-state index in [0.717, 1.165) is 30.4 Å². The Morgan fingerprint density at radius 2 is 1.74 bits per heavy atom. The fraction of sp³-hybridized carbons (Fsp3) is 0.391. The summed E-state index contributed by atoms with van der Waals surface area (Å²) in [4.78, 5) is 26.0. The molecule has 4 heteroatoms. The van der Waals surface area contributed by atoms with Crippen molar-refractivity contribution in [2.45, 2.75) is 39.0 Å². The summed E-state index contributed by atoms with van der Waals surface area (Å²) in [5.74, 6) is 0.336. The first-order chi connectivity index (χ1) is 12.9. The summed E-state index contributed by atoms with van der Waals surface area (Å²) in [6, 6.07) is 15.6. The monoisotopic (exact) mass is 366 g/mol. The molecule has 0 aliphatic carbocycles. The van der Waals surface area contributed by atoms with Crippen LogP contribution in [0.25, 0.3) is 0 Å². The standard InChI is InChI=1S/C23H30N2O2/c1-5-18-10-6-12-20(15-18)22(26)24-14-8-9-17(2)19-11-7-13-21(16-19)23(27)25(3)4/h6-7,10-13,15-17H,5,8-9,14H2,1-4H3,(H,24,26). The number of rotatable bonds is 8. The van der Waals surface area contributed by atoms with E-state index in [1.165, 1.54) is 5.56 Å². The minimum Gasteiger partial charge on any atom is -0.352 e. The van der Waals surface area contributed by atoms with Gasteiger partial charge in [0.05, 0.1) is 0 Å². The summed E-state index contributed by atoms with van der Waals surface area (Å²) in [7, 11) is 3.52. The van der Waals surface area contributed by atoms with Crippen LogP contribution in [0, 0.1) is 0 Å². The van der Waals surface area contributed by atoms with Gasteiger partial charge in [-0.25, -0.2) is 0 Å². The Morgan fingerprint density at radius 3 is 2.44 bits per heavy atom. The van der Waals surface area contributed by atoms with Crippen LogP contribution in [0.2, 0.25) is 0 Å². The smallest absolute Gasteiger partial charge is 0.253 e. The first kappa shape index (κ1) is 20.7. The molecule has 0 saturated heterocycles. The molecule has 2 rings (SSSR count). The van der Waals surface area contributed by atoms with E-state index in [2.05, 4.69) is 25.2 Å². The molecule has 4 nitrogen and oxygen atoms in total. The van der Waals surface area contributed by atoms with Crippen LogP contribution in [0.4, 0.5) is 0 Å². The van der Waals surface area contributed by atoms with Gasteiger partial charge in [0, 0.05) is 31.8 Å². The van der Waals surface area contributed by atoms with Crippen LogP contribution in [0.5, 0.6) is 0 Å². The third kappa shape index (κ3) is 5.95. The van der Waals surface area contributed by atoms with Crippen molar-refractivity contribution in [3.63, 3.8) is 0 Å². The van der Waals surface area contributed by atoms with Gasteiger partial charge in [0.15, 0.2) is 0 Å². The third-order valence-electron chi connectivity index (χ3n) is 4.81. The van der Waals surface area contributed by atoms with Gasteiger partial charge in [0.2, 0.25) is 0 Å². The summed E-state index contributed by atoms with van der Waals surface area (Å²) < 4.78 is 0. The van der Waals surface area contributed by atoms with Gasteiger partial charge in [0.25, 0.3) is 11.8 Å². The lowest BCUT2D eigenvalue weighted by atomic mass is 9.94. The van der Waals surface area contributed by atoms with E-state index in [-0.39, 0.29) is 11.8 Å². The van der Waals surface area contributed by atoms with Crippen LogP contribution in [0.1, 0.15) is 64.4 Å². The molecule has 144 valence electrons. The molecular weight excluding hydrogens is 336 g/mol. The molecule has 0 aliphatic rings. The first-order valence-electron chi connectivity index (χ1n) is 9.61. The Kier molecular flexibility index (Phi) is 7.59. The molecular formula is C23H30N2O2. The van der Waals surface area contributed by atoms with Crippen molar-refractivity contribution in [1.29, 1.82) is 0 Å². The van der Waals surface area contributed by atoms with Gasteiger partial charge < -0.3 is 10.2 Å². The summed E-state index contributed by atoms with van der Waals surface area (Å²) >= 11 is 0. The van der Waals surface area contributed by atoms with Gasteiger partial charge in [-0.3, -0.25) is 9.59 Å². The number of nitrogens with one attached hydrogen (secondary N) is 1. The van der Waals surface area contributed by atoms with Crippen molar-refractivity contribution in [1.82, 2.24) is 10.2 Å². The molecule has 0 aromatic heterocycles. The highest BCUT2D eigenvalue weighted by Crippen LogP contribution is 2.21. The van der Waals surface area contributed by atoms with E-state index in [0.29, 0.717) is 18.0 Å². The Balaban J connectivity index is 1.84. The molecule has 1 atom stereocenters. The van der Waals surface area contributed by atoms with E-state index in [1.807, 2.05) is 42.5 Å². The molecule has 2 aromatic rings. The summed E-state index contributed by atoms with van der Waals surface area (Å²) in [6.07, 6.45) is 2.77. The van der Waals surface area contributed by atoms with Crippen molar-refractivity contribution in [3.8, 4) is 0 Å². The van der Waals surface area contributed by atoms with Crippen molar-refractivity contribution >= 4 is 11.8 Å². The molecule has 1 unspecified atom stereocenters. The molecule has 1 N–H and O–H groups in total. The largest absolute Gasteiger partial charge is 0.352 e. The fourth-order valence-corrected chi connectivity index (χ4v) is 3.05. The molecule has 0 heterocycles. The van der Waals surface area contributed by atoms with Crippen molar-refractivity contribution in [2.75, 3.05) is 20.6 Å². The second-order valence-corrected chi connectivity index (χ2v) is 7.18. The molecule has 0 radical (unpaired) electrons. The van der Waals surface area contributed by atoms with E-state index < -0.39 is 0 Å². The maximum Gasteiger partial charge on any atom is 0.253 e. The minimum absolute atomic E-state index is 0.0171. The third-order valence-corrected chi connectivity index (χ3v) is 4.81. The number of carbonyl (C=O) groups excluding carboxylic acids is 2.